The molecule has 0 saturated carbocycles. The number of benzene rings is 2. The quantitative estimate of drug-likeness (QED) is 0.340. The molecule has 0 saturated heterocycles. The van der Waals surface area contributed by atoms with E-state index in [0.29, 0.717) is 26.7 Å². The van der Waals surface area contributed by atoms with Gasteiger partial charge in [-0.25, -0.2) is 9.79 Å². The van der Waals surface area contributed by atoms with Crippen LogP contribution in [0, 0.1) is 17.0 Å². The minimum Gasteiger partial charge on any atom is -0.402 e. The molecule has 0 spiro atoms. The van der Waals surface area contributed by atoms with Crippen LogP contribution in [0.4, 0.5) is 5.69 Å². The van der Waals surface area contributed by atoms with Crippen molar-refractivity contribution in [3.63, 3.8) is 0 Å². The third kappa shape index (κ3) is 3.55. The van der Waals surface area contributed by atoms with Gasteiger partial charge in [0.2, 0.25) is 5.90 Å². The number of rotatable bonds is 3. The first kappa shape index (κ1) is 17.1. The van der Waals surface area contributed by atoms with E-state index in [1.165, 1.54) is 12.1 Å². The number of hydrogen-bond acceptors (Lipinski definition) is 5. The smallest absolute Gasteiger partial charge is 0.363 e. The summed E-state index contributed by atoms with van der Waals surface area (Å²) >= 11 is 11.9. The molecule has 0 N–H and O–H groups in total. The van der Waals surface area contributed by atoms with Crippen molar-refractivity contribution in [1.29, 1.82) is 0 Å². The summed E-state index contributed by atoms with van der Waals surface area (Å²) < 4.78 is 5.12. The van der Waals surface area contributed by atoms with Gasteiger partial charge in [-0.1, -0.05) is 35.3 Å². The Morgan fingerprint density at radius 2 is 1.96 bits per heavy atom. The second-order valence-electron chi connectivity index (χ2n) is 5.26. The molecule has 0 atom stereocenters. The van der Waals surface area contributed by atoms with Crippen LogP contribution < -0.4 is 0 Å². The van der Waals surface area contributed by atoms with Gasteiger partial charge in [0.25, 0.3) is 5.69 Å². The van der Waals surface area contributed by atoms with Crippen molar-refractivity contribution in [3.8, 4) is 0 Å². The van der Waals surface area contributed by atoms with Gasteiger partial charge in [0, 0.05) is 27.2 Å². The lowest BCUT2D eigenvalue weighted by atomic mass is 10.1. The van der Waals surface area contributed by atoms with Gasteiger partial charge in [-0.05, 0) is 36.8 Å². The van der Waals surface area contributed by atoms with Crippen molar-refractivity contribution in [1.82, 2.24) is 0 Å². The molecule has 2 aromatic rings. The largest absolute Gasteiger partial charge is 0.402 e. The monoisotopic (exact) mass is 376 g/mol. The molecule has 3 rings (SSSR count). The highest BCUT2D eigenvalue weighted by atomic mass is 35.5. The maximum absolute atomic E-state index is 12.0. The summed E-state index contributed by atoms with van der Waals surface area (Å²) in [5.41, 5.74) is 1.37. The first-order chi connectivity index (χ1) is 11.8. The minimum atomic E-state index is -0.663. The van der Waals surface area contributed by atoms with E-state index in [1.54, 1.807) is 37.3 Å². The third-order valence-corrected chi connectivity index (χ3v) is 4.09. The Labute approximate surface area is 152 Å². The molecule has 1 aliphatic rings. The average molecular weight is 377 g/mol. The molecule has 2 aromatic carbocycles. The zero-order valence-corrected chi connectivity index (χ0v) is 14.3. The molecule has 8 heteroatoms. The van der Waals surface area contributed by atoms with Gasteiger partial charge in [-0.2, -0.15) is 0 Å². The van der Waals surface area contributed by atoms with E-state index in [-0.39, 0.29) is 17.3 Å². The van der Waals surface area contributed by atoms with Crippen molar-refractivity contribution in [2.45, 2.75) is 6.92 Å². The molecule has 25 heavy (non-hydrogen) atoms. The summed E-state index contributed by atoms with van der Waals surface area (Å²) in [5.74, 6) is -0.659. The Bertz CT molecular complexity index is 967. The van der Waals surface area contributed by atoms with Crippen LogP contribution in [0.25, 0.3) is 6.08 Å². The number of nitrogens with zero attached hydrogens (tertiary/aromatic N) is 2. The standard InChI is InChI=1S/C17H10Cl2N2O4/c1-9-2-3-11(7-15(9)21(23)24)16-20-14(17(22)25-16)6-10-4-5-12(18)8-13(10)19/h2-8H,1H3/b14-6-. The SMILES string of the molecule is Cc1ccc(C2=N/C(=C\c3ccc(Cl)cc3Cl)C(=O)O2)cc1[N+](=O)[O-]. The fourth-order valence-corrected chi connectivity index (χ4v) is 2.70. The Hall–Kier alpha value is -2.70. The highest BCUT2D eigenvalue weighted by Crippen LogP contribution is 2.27. The van der Waals surface area contributed by atoms with Crippen LogP contribution in [0.1, 0.15) is 16.7 Å². The van der Waals surface area contributed by atoms with Crippen LogP contribution in [-0.4, -0.2) is 16.8 Å². The van der Waals surface area contributed by atoms with Crippen LogP contribution in [0.5, 0.6) is 0 Å². The van der Waals surface area contributed by atoms with Gasteiger partial charge in [0.05, 0.1) is 4.92 Å². The number of aliphatic imine (C=N–C) groups is 1. The highest BCUT2D eigenvalue weighted by Gasteiger charge is 2.26. The van der Waals surface area contributed by atoms with Gasteiger partial charge in [-0.15, -0.1) is 0 Å². The highest BCUT2D eigenvalue weighted by molar-refractivity contribution is 6.35. The number of carbonyl (C=O) groups excluding carboxylic acids is 1. The topological polar surface area (TPSA) is 81.8 Å². The lowest BCUT2D eigenvalue weighted by Gasteiger charge is -2.01. The van der Waals surface area contributed by atoms with Crippen LogP contribution in [0.3, 0.4) is 0 Å². The first-order valence-electron chi connectivity index (χ1n) is 7.08. The fourth-order valence-electron chi connectivity index (χ4n) is 2.24. The Morgan fingerprint density at radius 3 is 2.64 bits per heavy atom. The van der Waals surface area contributed by atoms with Gasteiger partial charge in [0.1, 0.15) is 0 Å². The summed E-state index contributed by atoms with van der Waals surface area (Å²) in [7, 11) is 0. The summed E-state index contributed by atoms with van der Waals surface area (Å²) in [6.07, 6.45) is 1.47. The molecular formula is C17H10Cl2N2O4. The lowest BCUT2D eigenvalue weighted by Crippen LogP contribution is -2.06. The first-order valence-corrected chi connectivity index (χ1v) is 7.84. The lowest BCUT2D eigenvalue weighted by molar-refractivity contribution is -0.385. The third-order valence-electron chi connectivity index (χ3n) is 3.53. The second kappa shape index (κ2) is 6.66. The Kier molecular flexibility index (Phi) is 4.57. The molecule has 0 fully saturated rings. The van der Waals surface area contributed by atoms with Crippen LogP contribution in [-0.2, 0) is 9.53 Å². The zero-order chi connectivity index (χ0) is 18.1. The van der Waals surface area contributed by atoms with Crippen molar-refractivity contribution < 1.29 is 14.5 Å². The van der Waals surface area contributed by atoms with Crippen LogP contribution >= 0.6 is 23.2 Å². The molecule has 0 amide bonds. The maximum atomic E-state index is 12.0. The number of cyclic esters (lactones) is 1. The van der Waals surface area contributed by atoms with E-state index in [2.05, 4.69) is 4.99 Å². The van der Waals surface area contributed by atoms with Crippen LogP contribution in [0.2, 0.25) is 10.0 Å². The van der Waals surface area contributed by atoms with Gasteiger partial charge in [-0.3, -0.25) is 10.1 Å². The number of ether oxygens (including phenoxy) is 1. The van der Waals surface area contributed by atoms with Crippen LogP contribution in [0.15, 0.2) is 47.1 Å². The molecule has 0 aliphatic carbocycles. The van der Waals surface area contributed by atoms with Gasteiger partial charge >= 0.3 is 5.97 Å². The van der Waals surface area contributed by atoms with E-state index in [4.69, 9.17) is 27.9 Å². The molecule has 1 heterocycles. The number of hydrogen-bond donors (Lipinski definition) is 0. The number of nitro groups is 1. The van der Waals surface area contributed by atoms with Gasteiger partial charge in [0.15, 0.2) is 5.70 Å². The minimum absolute atomic E-state index is 0.00411. The normalized spacial score (nSPS) is 15.2. The Balaban J connectivity index is 1.99. The number of halogens is 2. The summed E-state index contributed by atoms with van der Waals surface area (Å²) in [6, 6.07) is 9.32. The van der Waals surface area contributed by atoms with Crippen molar-refractivity contribution in [3.05, 3.63) is 78.9 Å². The predicted molar refractivity (Wildman–Crippen MR) is 94.9 cm³/mol. The summed E-state index contributed by atoms with van der Waals surface area (Å²) in [4.78, 5) is 26.7. The molecule has 0 bridgehead atoms. The molecule has 6 nitrogen and oxygen atoms in total. The van der Waals surface area contributed by atoms with Crippen molar-refractivity contribution in [2.75, 3.05) is 0 Å². The molecule has 0 radical (unpaired) electrons. The number of carbonyl (C=O) groups is 1. The summed E-state index contributed by atoms with van der Waals surface area (Å²) in [5, 5.41) is 11.9. The number of aryl methyl sites for hydroxylation is 1. The Morgan fingerprint density at radius 1 is 1.20 bits per heavy atom. The number of esters is 1. The fraction of sp³-hybridized carbons (Fsp3) is 0.0588. The van der Waals surface area contributed by atoms with E-state index in [9.17, 15) is 14.9 Å². The molecular weight excluding hydrogens is 367 g/mol. The van der Waals surface area contributed by atoms with E-state index in [0.717, 1.165) is 0 Å². The molecule has 0 aromatic heterocycles. The maximum Gasteiger partial charge on any atom is 0.363 e. The van der Waals surface area contributed by atoms with E-state index >= 15 is 0 Å². The molecule has 126 valence electrons. The zero-order valence-electron chi connectivity index (χ0n) is 12.8. The summed E-state index contributed by atoms with van der Waals surface area (Å²) in [6.45, 7) is 1.62. The molecule has 0 unspecified atom stereocenters. The molecule has 1 aliphatic heterocycles. The predicted octanol–water partition coefficient (Wildman–Crippen LogP) is 4.55. The van der Waals surface area contributed by atoms with Crippen molar-refractivity contribution in [2.24, 2.45) is 4.99 Å². The van der Waals surface area contributed by atoms with Gasteiger partial charge < -0.3 is 4.74 Å². The average Bonchev–Trinajstić information content (AvgIpc) is 2.91. The van der Waals surface area contributed by atoms with Crippen molar-refractivity contribution >= 4 is 46.8 Å². The number of nitro benzene ring substituents is 1. The van der Waals surface area contributed by atoms with E-state index in [1.807, 2.05) is 0 Å². The van der Waals surface area contributed by atoms with E-state index < -0.39 is 10.9 Å². The second-order valence-corrected chi connectivity index (χ2v) is 6.10.